The van der Waals surface area contributed by atoms with Crippen LogP contribution in [0.2, 0.25) is 0 Å². The van der Waals surface area contributed by atoms with Crippen molar-refractivity contribution in [2.24, 2.45) is 0 Å². The van der Waals surface area contributed by atoms with Gasteiger partial charge in [0.1, 0.15) is 12.6 Å². The molecule has 2 atom stereocenters. The zero-order valence-corrected chi connectivity index (χ0v) is 26.4. The van der Waals surface area contributed by atoms with Gasteiger partial charge >= 0.3 is 0 Å². The molecule has 2 amide bonds. The molecule has 0 aliphatic rings. The van der Waals surface area contributed by atoms with Gasteiger partial charge in [-0.25, -0.2) is 8.42 Å². The van der Waals surface area contributed by atoms with Gasteiger partial charge in [-0.2, -0.15) is 0 Å². The van der Waals surface area contributed by atoms with Gasteiger partial charge in [-0.05, 0) is 81.3 Å². The first kappa shape index (κ1) is 30.8. The first-order chi connectivity index (χ1) is 18.4. The Morgan fingerprint density at radius 1 is 0.923 bits per heavy atom. The number of nitrogens with zero attached hydrogens (tertiary/aromatic N) is 2. The summed E-state index contributed by atoms with van der Waals surface area (Å²) in [6.45, 7) is 7.05. The molecule has 0 unspecified atom stereocenters. The second-order valence-corrected chi connectivity index (χ2v) is 13.1. The summed E-state index contributed by atoms with van der Waals surface area (Å²) < 4.78 is 30.4. The molecule has 0 fully saturated rings. The zero-order valence-electron chi connectivity index (χ0n) is 22.4. The standard InChI is InChI=1S/C29H33Br2N3O4S/c1-5-21(3)32-29(36)22(4)33(18-23-7-6-8-25(31)17-23)28(35)19-34(26-13-11-24(30)12-14-26)39(37,38)27-15-9-20(2)10-16-27/h6-17,21-22H,5,18-19H2,1-4H3,(H,32,36)/t21-,22-/m0/s1. The summed E-state index contributed by atoms with van der Waals surface area (Å²) in [5.41, 5.74) is 2.06. The Kier molecular flexibility index (Phi) is 10.7. The van der Waals surface area contributed by atoms with E-state index in [0.717, 1.165) is 30.8 Å². The lowest BCUT2D eigenvalue weighted by molar-refractivity contribution is -0.139. The van der Waals surface area contributed by atoms with E-state index in [9.17, 15) is 18.0 Å². The number of rotatable bonds is 11. The molecular formula is C29H33Br2N3O4S. The lowest BCUT2D eigenvalue weighted by Gasteiger charge is -2.32. The molecule has 0 saturated carbocycles. The summed E-state index contributed by atoms with van der Waals surface area (Å²) in [7, 11) is -4.10. The number of hydrogen-bond acceptors (Lipinski definition) is 4. The van der Waals surface area contributed by atoms with Gasteiger partial charge in [0.05, 0.1) is 10.6 Å². The van der Waals surface area contributed by atoms with E-state index >= 15 is 0 Å². The Hall–Kier alpha value is -2.69. The number of carbonyl (C=O) groups excluding carboxylic acids is 2. The van der Waals surface area contributed by atoms with Crippen LogP contribution < -0.4 is 9.62 Å². The van der Waals surface area contributed by atoms with Crippen LogP contribution in [0.25, 0.3) is 0 Å². The van der Waals surface area contributed by atoms with Gasteiger partial charge < -0.3 is 10.2 Å². The third kappa shape index (κ3) is 8.16. The van der Waals surface area contributed by atoms with Crippen LogP contribution in [-0.4, -0.2) is 43.8 Å². The summed E-state index contributed by atoms with van der Waals surface area (Å²) in [6.07, 6.45) is 0.740. The molecule has 0 heterocycles. The van der Waals surface area contributed by atoms with Crippen molar-refractivity contribution < 1.29 is 18.0 Å². The maximum Gasteiger partial charge on any atom is 0.264 e. The quantitative estimate of drug-likeness (QED) is 0.268. The number of benzene rings is 3. The number of halogens is 2. The van der Waals surface area contributed by atoms with Crippen LogP contribution in [0.4, 0.5) is 5.69 Å². The molecule has 0 bridgehead atoms. The van der Waals surface area contributed by atoms with Crippen LogP contribution in [0.3, 0.4) is 0 Å². The summed E-state index contributed by atoms with van der Waals surface area (Å²) >= 11 is 6.84. The van der Waals surface area contributed by atoms with E-state index in [1.54, 1.807) is 43.3 Å². The van der Waals surface area contributed by atoms with Gasteiger partial charge in [-0.1, -0.05) is 68.6 Å². The van der Waals surface area contributed by atoms with Crippen LogP contribution in [-0.2, 0) is 26.2 Å². The number of hydrogen-bond donors (Lipinski definition) is 1. The van der Waals surface area contributed by atoms with E-state index in [-0.39, 0.29) is 23.4 Å². The molecule has 7 nitrogen and oxygen atoms in total. The van der Waals surface area contributed by atoms with Crippen LogP contribution in [0.1, 0.15) is 38.3 Å². The van der Waals surface area contributed by atoms with Gasteiger partial charge in [-0.3, -0.25) is 13.9 Å². The average molecular weight is 679 g/mol. The van der Waals surface area contributed by atoms with Gasteiger partial charge in [0.25, 0.3) is 10.0 Å². The Morgan fingerprint density at radius 2 is 1.56 bits per heavy atom. The molecule has 10 heteroatoms. The number of carbonyl (C=O) groups is 2. The second kappa shape index (κ2) is 13.6. The van der Waals surface area contributed by atoms with Crippen molar-refractivity contribution in [2.75, 3.05) is 10.8 Å². The van der Waals surface area contributed by atoms with Gasteiger partial charge in [0, 0.05) is 21.5 Å². The predicted octanol–water partition coefficient (Wildman–Crippen LogP) is 6.05. The topological polar surface area (TPSA) is 86.8 Å². The van der Waals surface area contributed by atoms with Gasteiger partial charge in [0.2, 0.25) is 11.8 Å². The lowest BCUT2D eigenvalue weighted by atomic mass is 10.1. The molecule has 0 saturated heterocycles. The van der Waals surface area contributed by atoms with Crippen molar-refractivity contribution >= 4 is 59.4 Å². The monoisotopic (exact) mass is 677 g/mol. The highest BCUT2D eigenvalue weighted by molar-refractivity contribution is 9.10. The zero-order chi connectivity index (χ0) is 28.7. The van der Waals surface area contributed by atoms with E-state index < -0.39 is 28.5 Å². The second-order valence-electron chi connectivity index (χ2n) is 9.45. The van der Waals surface area contributed by atoms with E-state index in [4.69, 9.17) is 0 Å². The maximum absolute atomic E-state index is 13.9. The van der Waals surface area contributed by atoms with Crippen LogP contribution >= 0.6 is 31.9 Å². The van der Waals surface area contributed by atoms with Crippen molar-refractivity contribution in [2.45, 2.75) is 57.6 Å². The summed E-state index contributed by atoms with van der Waals surface area (Å²) in [5, 5.41) is 2.94. The van der Waals surface area contributed by atoms with Crippen molar-refractivity contribution in [3.05, 3.63) is 92.9 Å². The average Bonchev–Trinajstić information content (AvgIpc) is 2.90. The third-order valence-corrected chi connectivity index (χ3v) is 9.22. The fourth-order valence-electron chi connectivity index (χ4n) is 3.85. The molecule has 39 heavy (non-hydrogen) atoms. The summed E-state index contributed by atoms with van der Waals surface area (Å²) in [4.78, 5) is 28.5. The molecule has 0 spiro atoms. The van der Waals surface area contributed by atoms with Crippen LogP contribution in [0, 0.1) is 6.92 Å². The largest absolute Gasteiger partial charge is 0.352 e. The fraction of sp³-hybridized carbons (Fsp3) is 0.310. The highest BCUT2D eigenvalue weighted by atomic mass is 79.9. The number of amides is 2. The van der Waals surface area contributed by atoms with Gasteiger partial charge in [-0.15, -0.1) is 0 Å². The van der Waals surface area contributed by atoms with Crippen molar-refractivity contribution in [3.8, 4) is 0 Å². The molecule has 1 N–H and O–H groups in total. The first-order valence-electron chi connectivity index (χ1n) is 12.6. The summed E-state index contributed by atoms with van der Waals surface area (Å²) in [5.74, 6) is -0.801. The van der Waals surface area contributed by atoms with E-state index in [1.165, 1.54) is 17.0 Å². The summed E-state index contributed by atoms with van der Waals surface area (Å²) in [6, 6.07) is 19.8. The highest BCUT2D eigenvalue weighted by Gasteiger charge is 2.32. The Balaban J connectivity index is 2.02. The number of nitrogens with one attached hydrogen (secondary N) is 1. The maximum atomic E-state index is 13.9. The minimum atomic E-state index is -4.10. The van der Waals surface area contributed by atoms with Crippen molar-refractivity contribution in [1.29, 1.82) is 0 Å². The van der Waals surface area contributed by atoms with Gasteiger partial charge in [0.15, 0.2) is 0 Å². The third-order valence-electron chi connectivity index (χ3n) is 6.41. The Labute approximate surface area is 247 Å². The first-order valence-corrected chi connectivity index (χ1v) is 15.6. The Bertz CT molecular complexity index is 1400. The van der Waals surface area contributed by atoms with E-state index in [0.29, 0.717) is 5.69 Å². The van der Waals surface area contributed by atoms with E-state index in [1.807, 2.05) is 45.0 Å². The Morgan fingerprint density at radius 3 is 2.15 bits per heavy atom. The number of anilines is 1. The van der Waals surface area contributed by atoms with Crippen LogP contribution in [0.5, 0.6) is 0 Å². The molecule has 0 aliphatic carbocycles. The molecule has 3 aromatic carbocycles. The van der Waals surface area contributed by atoms with Crippen molar-refractivity contribution in [1.82, 2.24) is 10.2 Å². The molecule has 0 radical (unpaired) electrons. The normalized spacial score (nSPS) is 12.9. The molecule has 0 aromatic heterocycles. The smallest absolute Gasteiger partial charge is 0.264 e. The molecule has 208 valence electrons. The SMILES string of the molecule is CC[C@H](C)NC(=O)[C@H](C)N(Cc1cccc(Br)c1)C(=O)CN(c1ccc(Br)cc1)S(=O)(=O)c1ccc(C)cc1. The fourth-order valence-corrected chi connectivity index (χ4v) is 5.98. The minimum Gasteiger partial charge on any atom is -0.352 e. The number of sulfonamides is 1. The molecule has 3 rings (SSSR count). The molecule has 0 aliphatic heterocycles. The highest BCUT2D eigenvalue weighted by Crippen LogP contribution is 2.26. The lowest BCUT2D eigenvalue weighted by Crippen LogP contribution is -2.52. The minimum absolute atomic E-state index is 0.0658. The van der Waals surface area contributed by atoms with E-state index in [2.05, 4.69) is 37.2 Å². The predicted molar refractivity (Wildman–Crippen MR) is 162 cm³/mol. The molecule has 3 aromatic rings. The van der Waals surface area contributed by atoms with Crippen molar-refractivity contribution in [3.63, 3.8) is 0 Å². The van der Waals surface area contributed by atoms with Crippen LogP contribution in [0.15, 0.2) is 86.6 Å². The number of aryl methyl sites for hydroxylation is 1. The molecular weight excluding hydrogens is 646 g/mol.